The van der Waals surface area contributed by atoms with Crippen molar-refractivity contribution < 1.29 is 4.79 Å². The zero-order valence-electron chi connectivity index (χ0n) is 5.46. The van der Waals surface area contributed by atoms with E-state index in [0.29, 0.717) is 12.5 Å². The highest BCUT2D eigenvalue weighted by Gasteiger charge is 2.40. The smallest absolute Gasteiger partial charge is 0.228 e. The molecule has 1 fully saturated rings. The van der Waals surface area contributed by atoms with Gasteiger partial charge in [0.1, 0.15) is 0 Å². The standard InChI is InChI=1S/C7H8ClNO/c8-5-2-1-3-9-6(5)4-7(9)10/h1,3,5-6H,2,4H2/t5?,6-/m0/s1. The molecule has 2 nitrogen and oxygen atoms in total. The van der Waals surface area contributed by atoms with Crippen molar-refractivity contribution in [2.45, 2.75) is 24.3 Å². The highest BCUT2D eigenvalue weighted by Crippen LogP contribution is 2.30. The Balaban J connectivity index is 2.18. The molecule has 2 atom stereocenters. The number of allylic oxidation sites excluding steroid dienone is 1. The molecule has 1 amide bonds. The Labute approximate surface area is 64.5 Å². The Morgan fingerprint density at radius 1 is 1.70 bits per heavy atom. The second kappa shape index (κ2) is 1.99. The molecule has 2 aliphatic rings. The van der Waals surface area contributed by atoms with Gasteiger partial charge in [-0.3, -0.25) is 4.79 Å². The molecule has 0 aromatic carbocycles. The number of hydrogen-bond acceptors (Lipinski definition) is 1. The van der Waals surface area contributed by atoms with Crippen molar-refractivity contribution in [2.24, 2.45) is 0 Å². The van der Waals surface area contributed by atoms with Gasteiger partial charge in [-0.1, -0.05) is 6.08 Å². The summed E-state index contributed by atoms with van der Waals surface area (Å²) in [5.74, 6) is 0.201. The summed E-state index contributed by atoms with van der Waals surface area (Å²) >= 11 is 5.93. The number of alkyl halides is 1. The molecule has 0 aromatic rings. The molecule has 3 heteroatoms. The minimum absolute atomic E-state index is 0.141. The van der Waals surface area contributed by atoms with Crippen molar-refractivity contribution in [3.8, 4) is 0 Å². The molecule has 1 saturated heterocycles. The number of β-lactam (4-membered cyclic amide) rings is 1. The Morgan fingerprint density at radius 3 is 3.10 bits per heavy atom. The van der Waals surface area contributed by atoms with E-state index in [0.717, 1.165) is 6.42 Å². The van der Waals surface area contributed by atoms with Crippen LogP contribution in [0.2, 0.25) is 0 Å². The fourth-order valence-electron chi connectivity index (χ4n) is 1.41. The summed E-state index contributed by atoms with van der Waals surface area (Å²) in [5.41, 5.74) is 0. The predicted molar refractivity (Wildman–Crippen MR) is 38.6 cm³/mol. The van der Waals surface area contributed by atoms with Crippen LogP contribution in [0.5, 0.6) is 0 Å². The number of carbonyl (C=O) groups is 1. The summed E-state index contributed by atoms with van der Waals surface area (Å²) in [7, 11) is 0. The van der Waals surface area contributed by atoms with Crippen LogP contribution in [0, 0.1) is 0 Å². The molecule has 10 heavy (non-hydrogen) atoms. The second-order valence-electron chi connectivity index (χ2n) is 2.71. The third-order valence-electron chi connectivity index (χ3n) is 2.07. The summed E-state index contributed by atoms with van der Waals surface area (Å²) in [4.78, 5) is 12.5. The lowest BCUT2D eigenvalue weighted by atomic mass is 9.94. The first kappa shape index (κ1) is 6.23. The quantitative estimate of drug-likeness (QED) is 0.381. The zero-order valence-corrected chi connectivity index (χ0v) is 6.21. The SMILES string of the molecule is O=C1C[C@H]2C(Cl)CC=CN12. The third kappa shape index (κ3) is 0.686. The predicted octanol–water partition coefficient (Wildman–Crippen LogP) is 1.11. The third-order valence-corrected chi connectivity index (χ3v) is 2.54. The lowest BCUT2D eigenvalue weighted by Crippen LogP contribution is -2.55. The summed E-state index contributed by atoms with van der Waals surface area (Å²) in [6, 6.07) is 0.291. The number of amides is 1. The van der Waals surface area contributed by atoms with Crippen LogP contribution >= 0.6 is 11.6 Å². The van der Waals surface area contributed by atoms with E-state index in [1.165, 1.54) is 0 Å². The van der Waals surface area contributed by atoms with E-state index in [1.807, 2.05) is 12.3 Å². The summed E-state index contributed by atoms with van der Waals surface area (Å²) < 4.78 is 0. The molecule has 2 rings (SSSR count). The first-order chi connectivity index (χ1) is 4.79. The second-order valence-corrected chi connectivity index (χ2v) is 3.27. The van der Waals surface area contributed by atoms with Crippen molar-refractivity contribution in [3.05, 3.63) is 12.3 Å². The highest BCUT2D eigenvalue weighted by molar-refractivity contribution is 6.22. The van der Waals surface area contributed by atoms with Crippen molar-refractivity contribution in [1.29, 1.82) is 0 Å². The minimum Gasteiger partial charge on any atom is -0.314 e. The number of fused-ring (bicyclic) bond motifs is 1. The van der Waals surface area contributed by atoms with Crippen LogP contribution in [0.3, 0.4) is 0 Å². The number of nitrogens with zero attached hydrogens (tertiary/aromatic N) is 1. The topological polar surface area (TPSA) is 20.3 Å². The van der Waals surface area contributed by atoms with Crippen LogP contribution in [0.1, 0.15) is 12.8 Å². The van der Waals surface area contributed by atoms with Crippen LogP contribution in [-0.4, -0.2) is 22.2 Å². The maximum absolute atomic E-state index is 10.8. The summed E-state index contributed by atoms with van der Waals surface area (Å²) in [6.45, 7) is 0. The zero-order chi connectivity index (χ0) is 7.14. The van der Waals surface area contributed by atoms with E-state index in [4.69, 9.17) is 11.6 Å². The molecule has 0 aromatic heterocycles. The molecule has 2 heterocycles. The number of hydrogen-bond donors (Lipinski definition) is 0. The van der Waals surface area contributed by atoms with Gasteiger partial charge in [0, 0.05) is 12.6 Å². The van der Waals surface area contributed by atoms with Crippen LogP contribution in [0.4, 0.5) is 0 Å². The fraction of sp³-hybridized carbons (Fsp3) is 0.571. The van der Waals surface area contributed by atoms with Crippen LogP contribution in [-0.2, 0) is 4.79 Å². The average Bonchev–Trinajstić information content (AvgIpc) is 1.91. The molecular formula is C7H8ClNO. The molecule has 54 valence electrons. The monoisotopic (exact) mass is 157 g/mol. The maximum Gasteiger partial charge on any atom is 0.228 e. The van der Waals surface area contributed by atoms with E-state index in [-0.39, 0.29) is 11.3 Å². The molecule has 0 saturated carbocycles. The summed E-state index contributed by atoms with van der Waals surface area (Å²) in [5, 5.41) is 0.141. The van der Waals surface area contributed by atoms with Gasteiger partial charge in [0.05, 0.1) is 11.4 Å². The molecular weight excluding hydrogens is 150 g/mol. The van der Waals surface area contributed by atoms with E-state index in [9.17, 15) is 4.79 Å². The molecule has 0 N–H and O–H groups in total. The van der Waals surface area contributed by atoms with E-state index < -0.39 is 0 Å². The Hall–Kier alpha value is -0.500. The van der Waals surface area contributed by atoms with Crippen LogP contribution < -0.4 is 0 Å². The number of halogens is 1. The van der Waals surface area contributed by atoms with Gasteiger partial charge >= 0.3 is 0 Å². The van der Waals surface area contributed by atoms with Gasteiger partial charge in [-0.2, -0.15) is 0 Å². The maximum atomic E-state index is 10.8. The fourth-order valence-corrected chi connectivity index (χ4v) is 1.73. The van der Waals surface area contributed by atoms with Gasteiger partial charge in [-0.05, 0) is 6.42 Å². The van der Waals surface area contributed by atoms with E-state index in [1.54, 1.807) is 4.90 Å². The number of rotatable bonds is 0. The minimum atomic E-state index is 0.141. The van der Waals surface area contributed by atoms with Crippen molar-refractivity contribution in [2.75, 3.05) is 0 Å². The van der Waals surface area contributed by atoms with Gasteiger partial charge in [0.15, 0.2) is 0 Å². The van der Waals surface area contributed by atoms with Gasteiger partial charge < -0.3 is 4.90 Å². The molecule has 0 spiro atoms. The lowest BCUT2D eigenvalue weighted by molar-refractivity contribution is -0.141. The van der Waals surface area contributed by atoms with Gasteiger partial charge in [-0.15, -0.1) is 11.6 Å². The van der Waals surface area contributed by atoms with Gasteiger partial charge in [0.25, 0.3) is 0 Å². The Bertz CT molecular complexity index is 202. The molecule has 0 bridgehead atoms. The van der Waals surface area contributed by atoms with Crippen molar-refractivity contribution >= 4 is 17.5 Å². The van der Waals surface area contributed by atoms with Gasteiger partial charge in [-0.25, -0.2) is 0 Å². The average molecular weight is 158 g/mol. The van der Waals surface area contributed by atoms with Gasteiger partial charge in [0.2, 0.25) is 5.91 Å². The first-order valence-corrected chi connectivity index (χ1v) is 3.84. The first-order valence-electron chi connectivity index (χ1n) is 3.41. The Kier molecular flexibility index (Phi) is 1.24. The molecule has 2 aliphatic heterocycles. The Morgan fingerprint density at radius 2 is 2.50 bits per heavy atom. The van der Waals surface area contributed by atoms with Crippen LogP contribution in [0.15, 0.2) is 12.3 Å². The highest BCUT2D eigenvalue weighted by atomic mass is 35.5. The lowest BCUT2D eigenvalue weighted by Gasteiger charge is -2.42. The van der Waals surface area contributed by atoms with E-state index in [2.05, 4.69) is 0 Å². The largest absolute Gasteiger partial charge is 0.314 e. The van der Waals surface area contributed by atoms with Crippen molar-refractivity contribution in [1.82, 2.24) is 4.90 Å². The molecule has 0 radical (unpaired) electrons. The number of carbonyl (C=O) groups excluding carboxylic acids is 1. The van der Waals surface area contributed by atoms with Crippen molar-refractivity contribution in [3.63, 3.8) is 0 Å². The normalized spacial score (nSPS) is 37.3. The van der Waals surface area contributed by atoms with E-state index >= 15 is 0 Å². The molecule has 0 aliphatic carbocycles. The molecule has 1 unspecified atom stereocenters. The van der Waals surface area contributed by atoms with Crippen LogP contribution in [0.25, 0.3) is 0 Å². The summed E-state index contributed by atoms with van der Waals surface area (Å²) in [6.07, 6.45) is 5.33.